The highest BCUT2D eigenvalue weighted by Gasteiger charge is 2.32. The molecule has 0 aliphatic carbocycles. The minimum atomic E-state index is -0.697. The third-order valence-corrected chi connectivity index (χ3v) is 4.44. The Bertz CT molecular complexity index is 869. The summed E-state index contributed by atoms with van der Waals surface area (Å²) in [6.45, 7) is 5.47. The Balaban J connectivity index is 1.83. The molecule has 3 N–H and O–H groups in total. The summed E-state index contributed by atoms with van der Waals surface area (Å²) < 4.78 is 20.1. The molecule has 3 rings (SSSR count). The lowest BCUT2D eigenvalue weighted by Gasteiger charge is -2.24. The van der Waals surface area contributed by atoms with Gasteiger partial charge in [-0.25, -0.2) is 9.40 Å². The Morgan fingerprint density at radius 2 is 2.07 bits per heavy atom. The van der Waals surface area contributed by atoms with E-state index in [-0.39, 0.29) is 11.7 Å². The third kappa shape index (κ3) is 4.67. The fourth-order valence-electron chi connectivity index (χ4n) is 2.92. The van der Waals surface area contributed by atoms with E-state index >= 15 is 0 Å². The van der Waals surface area contributed by atoms with Crippen LogP contribution < -0.4 is 16.1 Å². The summed E-state index contributed by atoms with van der Waals surface area (Å²) in [6, 6.07) is 14.0. The lowest BCUT2D eigenvalue weighted by molar-refractivity contribution is -0.112. The predicted molar refractivity (Wildman–Crippen MR) is 107 cm³/mol. The number of rotatable bonds is 8. The van der Waals surface area contributed by atoms with Gasteiger partial charge in [-0.3, -0.25) is 4.79 Å². The smallest absolute Gasteiger partial charge is 0.286 e. The molecule has 1 aliphatic rings. The molecule has 0 spiro atoms. The van der Waals surface area contributed by atoms with Crippen molar-refractivity contribution in [3.8, 4) is 0 Å². The van der Waals surface area contributed by atoms with E-state index in [1.54, 1.807) is 23.2 Å². The number of anilines is 1. The molecule has 28 heavy (non-hydrogen) atoms. The Labute approximate surface area is 164 Å². The summed E-state index contributed by atoms with van der Waals surface area (Å²) in [4.78, 5) is 11.6. The first kappa shape index (κ1) is 19.8. The quantitative estimate of drug-likeness (QED) is 0.685. The van der Waals surface area contributed by atoms with Gasteiger partial charge in [-0.1, -0.05) is 44.2 Å². The number of amides is 1. The number of benzene rings is 2. The number of ether oxygens (including phenoxy) is 1. The molecule has 7 heteroatoms. The molecule has 1 heterocycles. The second kappa shape index (κ2) is 8.84. The molecule has 2 aromatic carbocycles. The summed E-state index contributed by atoms with van der Waals surface area (Å²) in [6.07, 6.45) is 0.331. The molecule has 0 aromatic heterocycles. The minimum Gasteiger partial charge on any atom is -0.377 e. The highest BCUT2D eigenvalue weighted by Crippen LogP contribution is 2.31. The zero-order valence-electron chi connectivity index (χ0n) is 16.1. The molecule has 1 aliphatic heterocycles. The van der Waals surface area contributed by atoms with Crippen LogP contribution in [-0.4, -0.2) is 18.3 Å². The molecule has 0 radical (unpaired) electrons. The summed E-state index contributed by atoms with van der Waals surface area (Å²) in [5.74, 6) is -0.506. The molecule has 1 amide bonds. The summed E-state index contributed by atoms with van der Waals surface area (Å²) in [5.41, 5.74) is 7.43. The predicted octanol–water partition coefficient (Wildman–Crippen LogP) is 3.30. The Kier molecular flexibility index (Phi) is 6.26. The highest BCUT2D eigenvalue weighted by molar-refractivity contribution is 6.38. The van der Waals surface area contributed by atoms with E-state index in [0.717, 1.165) is 12.0 Å². The van der Waals surface area contributed by atoms with E-state index < -0.39 is 12.1 Å². The van der Waals surface area contributed by atoms with Gasteiger partial charge in [-0.2, -0.15) is 0 Å². The van der Waals surface area contributed by atoms with Crippen LogP contribution in [0.5, 0.6) is 0 Å². The van der Waals surface area contributed by atoms with E-state index in [9.17, 15) is 9.18 Å². The van der Waals surface area contributed by atoms with Gasteiger partial charge in [0.25, 0.3) is 5.91 Å². The van der Waals surface area contributed by atoms with E-state index in [2.05, 4.69) is 24.3 Å². The van der Waals surface area contributed by atoms with Crippen LogP contribution in [0.25, 0.3) is 0 Å². The summed E-state index contributed by atoms with van der Waals surface area (Å²) in [7, 11) is 0. The third-order valence-electron chi connectivity index (χ3n) is 4.44. The molecule has 0 bridgehead atoms. The molecule has 1 unspecified atom stereocenters. The van der Waals surface area contributed by atoms with Gasteiger partial charge in [0.15, 0.2) is 6.17 Å². The average Bonchev–Trinajstić information content (AvgIpc) is 3.11. The van der Waals surface area contributed by atoms with Crippen LogP contribution in [0.3, 0.4) is 0 Å². The topological polar surface area (TPSA) is 79.9 Å². The maximum absolute atomic E-state index is 14.4. The number of hydrogen-bond donors (Lipinski definition) is 2. The first-order valence-electron chi connectivity index (χ1n) is 9.31. The lowest BCUT2D eigenvalue weighted by atomic mass is 10.1. The standard InChI is InChI=1S/C21H25FN4O2/c1-14(2)10-11-28-13-15-6-5-7-16(12-15)26-21(24-20(25-26)19(23)27)17-8-3-4-9-18(17)22/h3-9,12,14,21H,10-11,13H2,1-2H3,(H2,23,27)(H,24,25). The maximum atomic E-state index is 14.4. The number of carbonyl (C=O) groups is 1. The van der Waals surface area contributed by atoms with Crippen molar-refractivity contribution in [1.82, 2.24) is 5.32 Å². The van der Waals surface area contributed by atoms with Crippen LogP contribution >= 0.6 is 0 Å². The fraction of sp³-hybridized carbons (Fsp3) is 0.333. The van der Waals surface area contributed by atoms with Crippen LogP contribution in [-0.2, 0) is 16.1 Å². The monoisotopic (exact) mass is 384 g/mol. The number of amidine groups is 1. The zero-order chi connectivity index (χ0) is 20.1. The van der Waals surface area contributed by atoms with Crippen LogP contribution in [0.1, 0.15) is 37.6 Å². The second-order valence-corrected chi connectivity index (χ2v) is 7.13. The first-order valence-corrected chi connectivity index (χ1v) is 9.31. The first-order chi connectivity index (χ1) is 13.5. The van der Waals surface area contributed by atoms with E-state index in [1.807, 2.05) is 24.3 Å². The van der Waals surface area contributed by atoms with Crippen molar-refractivity contribution in [2.24, 2.45) is 16.8 Å². The molecule has 1 atom stereocenters. The van der Waals surface area contributed by atoms with E-state index in [1.165, 1.54) is 6.07 Å². The van der Waals surface area contributed by atoms with Crippen molar-refractivity contribution < 1.29 is 13.9 Å². The van der Waals surface area contributed by atoms with Gasteiger partial charge in [0.05, 0.1) is 12.3 Å². The second-order valence-electron chi connectivity index (χ2n) is 7.13. The molecular formula is C21H25FN4O2. The van der Waals surface area contributed by atoms with Crippen LogP contribution in [0.4, 0.5) is 10.1 Å². The van der Waals surface area contributed by atoms with Crippen molar-refractivity contribution in [2.75, 3.05) is 11.6 Å². The Morgan fingerprint density at radius 1 is 1.29 bits per heavy atom. The number of nitrogens with one attached hydrogen (secondary N) is 1. The molecule has 2 aromatic rings. The van der Waals surface area contributed by atoms with Crippen molar-refractivity contribution in [2.45, 2.75) is 33.0 Å². The summed E-state index contributed by atoms with van der Waals surface area (Å²) >= 11 is 0. The van der Waals surface area contributed by atoms with E-state index in [4.69, 9.17) is 10.5 Å². The van der Waals surface area contributed by atoms with Crippen molar-refractivity contribution in [3.05, 3.63) is 65.5 Å². The molecule has 6 nitrogen and oxygen atoms in total. The molecule has 0 fully saturated rings. The number of halogens is 1. The number of hydrogen-bond acceptors (Lipinski definition) is 5. The fourth-order valence-corrected chi connectivity index (χ4v) is 2.92. The minimum absolute atomic E-state index is 0.00756. The lowest BCUT2D eigenvalue weighted by Crippen LogP contribution is -2.36. The average molecular weight is 384 g/mol. The number of carbonyl (C=O) groups excluding carboxylic acids is 1. The number of nitrogens with zero attached hydrogens (tertiary/aromatic N) is 2. The largest absolute Gasteiger partial charge is 0.377 e. The van der Waals surface area contributed by atoms with Crippen LogP contribution in [0.2, 0.25) is 0 Å². The van der Waals surface area contributed by atoms with Crippen molar-refractivity contribution in [1.29, 1.82) is 0 Å². The van der Waals surface area contributed by atoms with E-state index in [0.29, 0.717) is 30.4 Å². The molecular weight excluding hydrogens is 359 g/mol. The SMILES string of the molecule is CC(C)CCOCc1cccc(N2N=C(C(N)=O)NC2c2ccccc2F)c1. The van der Waals surface area contributed by atoms with Gasteiger partial charge in [-0.15, -0.1) is 5.10 Å². The Hall–Kier alpha value is -2.93. The van der Waals surface area contributed by atoms with Gasteiger partial charge in [0.1, 0.15) is 5.82 Å². The Morgan fingerprint density at radius 3 is 2.79 bits per heavy atom. The van der Waals surface area contributed by atoms with Gasteiger partial charge in [0.2, 0.25) is 5.84 Å². The van der Waals surface area contributed by atoms with Crippen LogP contribution in [0, 0.1) is 11.7 Å². The van der Waals surface area contributed by atoms with Gasteiger partial charge in [-0.05, 0) is 36.1 Å². The number of hydrazone groups is 1. The zero-order valence-corrected chi connectivity index (χ0v) is 16.1. The van der Waals surface area contributed by atoms with Crippen molar-refractivity contribution >= 4 is 17.4 Å². The highest BCUT2D eigenvalue weighted by atomic mass is 19.1. The van der Waals surface area contributed by atoms with Crippen LogP contribution in [0.15, 0.2) is 53.6 Å². The molecule has 0 saturated carbocycles. The summed E-state index contributed by atoms with van der Waals surface area (Å²) in [5, 5.41) is 8.75. The number of primary amides is 1. The molecule has 0 saturated heterocycles. The number of nitrogens with two attached hydrogens (primary N) is 1. The molecule has 148 valence electrons. The van der Waals surface area contributed by atoms with Gasteiger partial charge >= 0.3 is 0 Å². The van der Waals surface area contributed by atoms with Gasteiger partial charge in [0, 0.05) is 12.2 Å². The van der Waals surface area contributed by atoms with Gasteiger partial charge < -0.3 is 15.8 Å². The van der Waals surface area contributed by atoms with Crippen molar-refractivity contribution in [3.63, 3.8) is 0 Å². The normalized spacial score (nSPS) is 16.2. The maximum Gasteiger partial charge on any atom is 0.286 e.